The van der Waals surface area contributed by atoms with E-state index in [0.29, 0.717) is 5.56 Å². The number of amides is 1. The number of carbonyl (C=O) groups is 1. The molecule has 0 spiro atoms. The van der Waals surface area contributed by atoms with Crippen LogP contribution < -0.4 is 10.9 Å². The van der Waals surface area contributed by atoms with Gasteiger partial charge < -0.3 is 5.32 Å². The fourth-order valence-corrected chi connectivity index (χ4v) is 3.27. The first-order valence-corrected chi connectivity index (χ1v) is 8.95. The summed E-state index contributed by atoms with van der Waals surface area (Å²) in [6.45, 7) is -2.89. The Morgan fingerprint density at radius 3 is 2.90 bits per heavy atom. The molecule has 0 aliphatic heterocycles. The second-order valence-electron chi connectivity index (χ2n) is 6.71. The van der Waals surface area contributed by atoms with Crippen molar-refractivity contribution >= 4 is 16.8 Å². The third-order valence-electron chi connectivity index (χ3n) is 4.71. The maximum Gasteiger partial charge on any atom is 0.280 e. The van der Waals surface area contributed by atoms with Crippen molar-refractivity contribution in [3.63, 3.8) is 0 Å². The van der Waals surface area contributed by atoms with Crippen molar-refractivity contribution in [2.24, 2.45) is 0 Å². The van der Waals surface area contributed by atoms with Gasteiger partial charge in [0.1, 0.15) is 11.5 Å². The first-order valence-electron chi connectivity index (χ1n) is 10.4. The maximum absolute atomic E-state index is 14.1. The second kappa shape index (κ2) is 8.05. The lowest BCUT2D eigenvalue weighted by Gasteiger charge is -2.10. The monoisotopic (exact) mass is 430 g/mol. The number of carbonyl (C=O) groups excluding carboxylic acids is 1. The van der Waals surface area contributed by atoms with Crippen LogP contribution in [0.4, 0.5) is 13.2 Å². The summed E-state index contributed by atoms with van der Waals surface area (Å²) in [5.74, 6) is -1.77. The van der Waals surface area contributed by atoms with Gasteiger partial charge in [-0.25, -0.2) is 18.2 Å². The van der Waals surface area contributed by atoms with E-state index < -0.39 is 30.7 Å². The van der Waals surface area contributed by atoms with Gasteiger partial charge in [0.2, 0.25) is 0 Å². The zero-order valence-electron chi connectivity index (χ0n) is 18.7. The van der Waals surface area contributed by atoms with Crippen molar-refractivity contribution in [2.45, 2.75) is 13.0 Å². The first-order chi connectivity index (χ1) is 16.0. The zero-order chi connectivity index (χ0) is 24.6. The highest BCUT2D eigenvalue weighted by molar-refractivity contribution is 5.94. The number of halogens is 3. The molecule has 0 saturated heterocycles. The topological polar surface area (TPSA) is 92.7 Å². The van der Waals surface area contributed by atoms with Gasteiger partial charge in [-0.05, 0) is 41.5 Å². The van der Waals surface area contributed by atoms with E-state index in [1.54, 1.807) is 5.32 Å². The Labute approximate surface area is 177 Å². The fraction of sp³-hybridized carbons (Fsp3) is 0.143. The summed E-state index contributed by atoms with van der Waals surface area (Å²) in [5.41, 5.74) is 0.0367. The molecule has 0 radical (unpaired) electrons. The van der Waals surface area contributed by atoms with Crippen molar-refractivity contribution in [2.75, 3.05) is 6.98 Å². The number of rotatable bonds is 5. The third-order valence-corrected chi connectivity index (χ3v) is 4.71. The molecule has 7 nitrogen and oxygen atoms in total. The van der Waals surface area contributed by atoms with Gasteiger partial charge in [-0.15, -0.1) is 0 Å². The highest BCUT2D eigenvalue weighted by Crippen LogP contribution is 2.30. The molecule has 0 saturated carbocycles. The first kappa shape index (κ1) is 16.8. The van der Waals surface area contributed by atoms with Crippen molar-refractivity contribution in [3.05, 3.63) is 81.9 Å². The van der Waals surface area contributed by atoms with Crippen LogP contribution in [0.1, 0.15) is 32.2 Å². The molecule has 1 amide bonds. The zero-order valence-corrected chi connectivity index (χ0v) is 15.7. The molecule has 2 aromatic heterocycles. The lowest BCUT2D eigenvalue weighted by molar-refractivity contribution is 0.0962. The molecule has 0 atom stereocenters. The fourth-order valence-electron chi connectivity index (χ4n) is 3.27. The molecule has 4 aromatic rings. The second-order valence-corrected chi connectivity index (χ2v) is 6.71. The van der Waals surface area contributed by atoms with E-state index in [4.69, 9.17) is 4.11 Å². The Balaban J connectivity index is 1.66. The van der Waals surface area contributed by atoms with Crippen LogP contribution in [-0.4, -0.2) is 32.6 Å². The van der Waals surface area contributed by atoms with E-state index in [-0.39, 0.29) is 39.8 Å². The Morgan fingerprint density at radius 1 is 1.29 bits per heavy atom. The Morgan fingerprint density at radius 2 is 2.13 bits per heavy atom. The normalized spacial score (nSPS) is 13.1. The van der Waals surface area contributed by atoms with E-state index in [2.05, 4.69) is 15.2 Å². The summed E-state index contributed by atoms with van der Waals surface area (Å²) in [6.07, 6.45) is -0.286. The summed E-state index contributed by atoms with van der Waals surface area (Å²) in [7, 11) is 0. The Bertz CT molecular complexity index is 1450. The smallest absolute Gasteiger partial charge is 0.280 e. The highest BCUT2D eigenvalue weighted by atomic mass is 19.3. The summed E-state index contributed by atoms with van der Waals surface area (Å²) < 4.78 is 62.9. The summed E-state index contributed by atoms with van der Waals surface area (Å²) >= 11 is 0. The van der Waals surface area contributed by atoms with Crippen LogP contribution in [0.2, 0.25) is 0 Å². The van der Waals surface area contributed by atoms with Crippen LogP contribution in [-0.2, 0) is 6.54 Å². The van der Waals surface area contributed by atoms with Gasteiger partial charge in [0.15, 0.2) is 0 Å². The van der Waals surface area contributed by atoms with Gasteiger partial charge in [0, 0.05) is 22.2 Å². The molecular weight excluding hydrogens is 411 g/mol. The van der Waals surface area contributed by atoms with Gasteiger partial charge in [-0.2, -0.15) is 5.10 Å². The van der Waals surface area contributed by atoms with Crippen LogP contribution >= 0.6 is 0 Å². The number of benzene rings is 2. The number of nitrogens with zero attached hydrogens (tertiary/aromatic N) is 3. The molecule has 31 heavy (non-hydrogen) atoms. The number of alkyl halides is 2. The summed E-state index contributed by atoms with van der Waals surface area (Å²) in [5, 5.41) is 7.87. The van der Waals surface area contributed by atoms with Crippen LogP contribution in [0.15, 0.2) is 53.7 Å². The van der Waals surface area contributed by atoms with Gasteiger partial charge >= 0.3 is 0 Å². The molecule has 2 N–H and O–H groups in total. The largest absolute Gasteiger partial charge is 0.355 e. The predicted molar refractivity (Wildman–Crippen MR) is 107 cm³/mol. The number of fused-ring (bicyclic) bond motifs is 1. The van der Waals surface area contributed by atoms with Crippen LogP contribution in [0, 0.1) is 5.82 Å². The van der Waals surface area contributed by atoms with Crippen molar-refractivity contribution in [1.29, 1.82) is 0 Å². The van der Waals surface area contributed by atoms with E-state index in [1.807, 2.05) is 0 Å². The average molecular weight is 430 g/mol. The SMILES string of the molecule is [2H]C([2H])([2H])NC(=O)c1cc(F)cc(Cn2cnc3cc(-c4cn[nH]c4C(F)F)ccc3c2=O)c1. The minimum absolute atomic E-state index is 0.146. The molecule has 0 fully saturated rings. The maximum atomic E-state index is 14.1. The molecule has 4 rings (SSSR count). The van der Waals surface area contributed by atoms with Crippen molar-refractivity contribution < 1.29 is 22.1 Å². The van der Waals surface area contributed by atoms with Gasteiger partial charge in [0.05, 0.1) is 30.0 Å². The minimum Gasteiger partial charge on any atom is -0.355 e. The molecule has 0 bridgehead atoms. The lowest BCUT2D eigenvalue weighted by atomic mass is 10.0. The van der Waals surface area contributed by atoms with Crippen LogP contribution in [0.3, 0.4) is 0 Å². The Hall–Kier alpha value is -3.95. The van der Waals surface area contributed by atoms with E-state index >= 15 is 0 Å². The number of aromatic amines is 1. The average Bonchev–Trinajstić information content (AvgIpc) is 3.24. The lowest BCUT2D eigenvalue weighted by Crippen LogP contribution is -2.22. The van der Waals surface area contributed by atoms with E-state index in [0.717, 1.165) is 12.1 Å². The molecule has 0 unspecified atom stereocenters. The number of hydrogen-bond acceptors (Lipinski definition) is 4. The van der Waals surface area contributed by atoms with Gasteiger partial charge in [0.25, 0.3) is 17.9 Å². The van der Waals surface area contributed by atoms with Crippen LogP contribution in [0.25, 0.3) is 22.0 Å². The molecule has 0 aliphatic rings. The number of hydrogen-bond donors (Lipinski definition) is 2. The molecule has 2 aromatic carbocycles. The molecule has 10 heteroatoms. The quantitative estimate of drug-likeness (QED) is 0.508. The number of aromatic nitrogens is 4. The van der Waals surface area contributed by atoms with Crippen LogP contribution in [0.5, 0.6) is 0 Å². The minimum atomic E-state index is -2.76. The van der Waals surface area contributed by atoms with E-state index in [9.17, 15) is 22.8 Å². The molecular formula is C21H16F3N5O2. The summed E-state index contributed by atoms with van der Waals surface area (Å²) in [4.78, 5) is 29.2. The molecule has 158 valence electrons. The molecule has 0 aliphatic carbocycles. The van der Waals surface area contributed by atoms with Crippen molar-refractivity contribution in [3.8, 4) is 11.1 Å². The Kier molecular flexibility index (Phi) is 4.37. The summed E-state index contributed by atoms with van der Waals surface area (Å²) in [6, 6.07) is 7.69. The highest BCUT2D eigenvalue weighted by Gasteiger charge is 2.17. The van der Waals surface area contributed by atoms with Crippen molar-refractivity contribution in [1.82, 2.24) is 25.1 Å². The number of nitrogens with one attached hydrogen (secondary N) is 2. The molecule has 2 heterocycles. The third kappa shape index (κ3) is 3.91. The predicted octanol–water partition coefficient (Wildman–Crippen LogP) is 3.27. The standard InChI is InChI=1S/C21H16F3N5O2/c1-25-20(30)13-4-11(5-14(22)6-13)9-29-10-26-17-7-12(2-3-15(17)21(29)31)16-8-27-28-18(16)19(23)24/h2-8,10,19H,9H2,1H3,(H,25,30)(H,27,28)/i1D3. The van der Waals surface area contributed by atoms with E-state index in [1.165, 1.54) is 41.4 Å². The number of H-pyrrole nitrogens is 1. The van der Waals surface area contributed by atoms with Gasteiger partial charge in [-0.1, -0.05) is 6.07 Å². The van der Waals surface area contributed by atoms with Gasteiger partial charge in [-0.3, -0.25) is 19.3 Å².